The smallest absolute Gasteiger partial charge is 0.242 e. The Labute approximate surface area is 122 Å². The first-order chi connectivity index (χ1) is 9.64. The zero-order valence-corrected chi connectivity index (χ0v) is 12.3. The lowest BCUT2D eigenvalue weighted by Gasteiger charge is -2.21. The fourth-order valence-corrected chi connectivity index (χ4v) is 4.46. The molecule has 0 fully saturated rings. The average Bonchev–Trinajstić information content (AvgIpc) is 2.45. The minimum Gasteiger partial charge on any atom is -0.379 e. The van der Waals surface area contributed by atoms with Crippen LogP contribution in [0.25, 0.3) is 0 Å². The minimum absolute atomic E-state index is 0.0716. The number of sulfonamides is 1. The number of hydrogen-bond donors (Lipinski definition) is 2. The van der Waals surface area contributed by atoms with Crippen molar-refractivity contribution in [2.24, 2.45) is 0 Å². The zero-order chi connectivity index (χ0) is 14.0. The highest BCUT2D eigenvalue weighted by atomic mass is 32.3. The van der Waals surface area contributed by atoms with E-state index in [2.05, 4.69) is 10.0 Å². The van der Waals surface area contributed by atoms with Crippen molar-refractivity contribution in [3.8, 4) is 0 Å². The largest absolute Gasteiger partial charge is 0.379 e. The van der Waals surface area contributed by atoms with Gasteiger partial charge in [0.2, 0.25) is 10.0 Å². The van der Waals surface area contributed by atoms with Crippen LogP contribution < -0.4 is 10.0 Å². The predicted octanol–water partition coefficient (Wildman–Crippen LogP) is 3.10. The van der Waals surface area contributed by atoms with Crippen LogP contribution in [0.15, 0.2) is 53.4 Å². The van der Waals surface area contributed by atoms with Gasteiger partial charge in [-0.25, -0.2) is 8.42 Å². The van der Waals surface area contributed by atoms with Crippen LogP contribution in [0.2, 0.25) is 0 Å². The molecule has 6 heteroatoms. The van der Waals surface area contributed by atoms with Gasteiger partial charge in [0.25, 0.3) is 0 Å². The Balaban J connectivity index is 1.84. The lowest BCUT2D eigenvalue weighted by molar-refractivity contribution is 0.605. The van der Waals surface area contributed by atoms with Crippen LogP contribution in [0.5, 0.6) is 0 Å². The van der Waals surface area contributed by atoms with Gasteiger partial charge >= 0.3 is 0 Å². The summed E-state index contributed by atoms with van der Waals surface area (Å²) in [6.07, 6.45) is 0. The van der Waals surface area contributed by atoms with Gasteiger partial charge in [-0.05, 0) is 17.7 Å². The fourth-order valence-electron chi connectivity index (χ4n) is 2.02. The second-order valence-corrected chi connectivity index (χ2v) is 7.60. The maximum absolute atomic E-state index is 11.7. The van der Waals surface area contributed by atoms with Crippen molar-refractivity contribution in [3.63, 3.8) is 0 Å². The number of benzene rings is 2. The second-order valence-electron chi connectivity index (χ2n) is 4.50. The number of rotatable bonds is 3. The Hall–Kier alpha value is -1.66. The molecule has 0 unspecified atom stereocenters. The van der Waals surface area contributed by atoms with Crippen molar-refractivity contribution in [3.05, 3.63) is 54.1 Å². The Morgan fingerprint density at radius 3 is 2.70 bits per heavy atom. The van der Waals surface area contributed by atoms with Gasteiger partial charge in [0, 0.05) is 11.4 Å². The monoisotopic (exact) mass is 306 g/mol. The van der Waals surface area contributed by atoms with Crippen LogP contribution in [0.3, 0.4) is 0 Å². The van der Waals surface area contributed by atoms with E-state index in [0.29, 0.717) is 12.2 Å². The summed E-state index contributed by atoms with van der Waals surface area (Å²) in [5.41, 5.74) is 2.61. The van der Waals surface area contributed by atoms with E-state index in [1.165, 1.54) is 11.8 Å². The molecule has 2 aromatic rings. The van der Waals surface area contributed by atoms with Crippen molar-refractivity contribution >= 4 is 33.2 Å². The van der Waals surface area contributed by atoms with Gasteiger partial charge in [-0.3, -0.25) is 4.72 Å². The van der Waals surface area contributed by atoms with Crippen LogP contribution in [-0.4, -0.2) is 13.5 Å². The molecule has 1 heterocycles. The third-order valence-corrected chi connectivity index (χ3v) is 5.86. The number of thioether (sulfide) groups is 1. The number of anilines is 2. The molecule has 0 atom stereocenters. The van der Waals surface area contributed by atoms with Crippen molar-refractivity contribution in [2.75, 3.05) is 15.1 Å². The minimum atomic E-state index is -3.23. The SMILES string of the molecule is O=S1(=O)CSc2cccc(NCc3ccccc3)c2N1. The molecule has 4 nitrogen and oxygen atoms in total. The maximum atomic E-state index is 11.7. The molecule has 0 amide bonds. The van der Waals surface area contributed by atoms with Crippen molar-refractivity contribution in [1.29, 1.82) is 0 Å². The van der Waals surface area contributed by atoms with Crippen LogP contribution in [0, 0.1) is 0 Å². The Morgan fingerprint density at radius 1 is 1.10 bits per heavy atom. The second kappa shape index (κ2) is 5.38. The van der Waals surface area contributed by atoms with Gasteiger partial charge in [0.05, 0.1) is 11.4 Å². The molecule has 1 aliphatic heterocycles. The molecule has 20 heavy (non-hydrogen) atoms. The van der Waals surface area contributed by atoms with Crippen molar-refractivity contribution < 1.29 is 8.42 Å². The number of hydrogen-bond acceptors (Lipinski definition) is 4. The zero-order valence-electron chi connectivity index (χ0n) is 10.7. The highest BCUT2D eigenvalue weighted by molar-refractivity contribution is 8.13. The summed E-state index contributed by atoms with van der Waals surface area (Å²) in [7, 11) is -3.23. The normalized spacial score (nSPS) is 16.0. The molecule has 0 aliphatic carbocycles. The van der Waals surface area contributed by atoms with Gasteiger partial charge in [0.15, 0.2) is 0 Å². The third kappa shape index (κ3) is 2.91. The molecule has 1 aliphatic rings. The first-order valence-electron chi connectivity index (χ1n) is 6.18. The number of fused-ring (bicyclic) bond motifs is 1. The van der Waals surface area contributed by atoms with Crippen LogP contribution in [0.4, 0.5) is 11.4 Å². The summed E-state index contributed by atoms with van der Waals surface area (Å²) in [6, 6.07) is 15.7. The molecule has 3 rings (SSSR count). The number of para-hydroxylation sites is 1. The highest BCUT2D eigenvalue weighted by Crippen LogP contribution is 2.39. The lowest BCUT2D eigenvalue weighted by atomic mass is 10.2. The molecule has 104 valence electrons. The molecule has 2 N–H and O–H groups in total. The fraction of sp³-hybridized carbons (Fsp3) is 0.143. The summed E-state index contributed by atoms with van der Waals surface area (Å²) < 4.78 is 26.0. The molecule has 0 saturated heterocycles. The van der Waals surface area contributed by atoms with Gasteiger partial charge in [-0.1, -0.05) is 36.4 Å². The van der Waals surface area contributed by atoms with Gasteiger partial charge in [-0.15, -0.1) is 11.8 Å². The van der Waals surface area contributed by atoms with Gasteiger partial charge < -0.3 is 5.32 Å². The Morgan fingerprint density at radius 2 is 1.90 bits per heavy atom. The summed E-state index contributed by atoms with van der Waals surface area (Å²) in [4.78, 5) is 0.956. The van der Waals surface area contributed by atoms with E-state index < -0.39 is 10.0 Å². The standard InChI is InChI=1S/C14H14N2O2S2/c17-20(18)10-19-13-8-4-7-12(14(13)16-20)15-9-11-5-2-1-3-6-11/h1-8,15-16H,9-10H2. The summed E-state index contributed by atoms with van der Waals surface area (Å²) in [5.74, 6) is 0. The molecular weight excluding hydrogens is 292 g/mol. The highest BCUT2D eigenvalue weighted by Gasteiger charge is 2.22. The summed E-state index contributed by atoms with van der Waals surface area (Å²) in [6.45, 7) is 0.656. The quantitative estimate of drug-likeness (QED) is 0.915. The summed E-state index contributed by atoms with van der Waals surface area (Å²) in [5, 5.41) is 3.36. The molecule has 2 aromatic carbocycles. The molecule has 0 saturated carbocycles. The van der Waals surface area contributed by atoms with Crippen molar-refractivity contribution in [1.82, 2.24) is 0 Å². The molecule has 0 spiro atoms. The predicted molar refractivity (Wildman–Crippen MR) is 83.5 cm³/mol. The summed E-state index contributed by atoms with van der Waals surface area (Å²) >= 11 is 1.34. The molecular formula is C14H14N2O2S2. The van der Waals surface area contributed by atoms with E-state index in [1.807, 2.05) is 48.5 Å². The number of nitrogens with one attached hydrogen (secondary N) is 2. The van der Waals surface area contributed by atoms with Gasteiger partial charge in [-0.2, -0.15) is 0 Å². The van der Waals surface area contributed by atoms with Crippen LogP contribution in [0.1, 0.15) is 5.56 Å². The Kier molecular flexibility index (Phi) is 3.58. The average molecular weight is 306 g/mol. The first-order valence-corrected chi connectivity index (χ1v) is 8.82. The van der Waals surface area contributed by atoms with Gasteiger partial charge in [0.1, 0.15) is 5.08 Å². The molecule has 0 radical (unpaired) electrons. The third-order valence-electron chi connectivity index (χ3n) is 2.98. The van der Waals surface area contributed by atoms with E-state index in [0.717, 1.165) is 16.1 Å². The van der Waals surface area contributed by atoms with E-state index in [-0.39, 0.29) is 5.08 Å². The first kappa shape index (κ1) is 13.3. The topological polar surface area (TPSA) is 58.2 Å². The van der Waals surface area contributed by atoms with Crippen LogP contribution >= 0.6 is 11.8 Å². The van der Waals surface area contributed by atoms with E-state index in [4.69, 9.17) is 0 Å². The Bertz CT molecular complexity index is 715. The van der Waals surface area contributed by atoms with E-state index >= 15 is 0 Å². The van der Waals surface area contributed by atoms with Crippen LogP contribution in [-0.2, 0) is 16.6 Å². The lowest BCUT2D eigenvalue weighted by Crippen LogP contribution is -2.20. The molecule has 0 aromatic heterocycles. The molecule has 0 bridgehead atoms. The van der Waals surface area contributed by atoms with Crippen molar-refractivity contribution in [2.45, 2.75) is 11.4 Å². The van der Waals surface area contributed by atoms with E-state index in [1.54, 1.807) is 0 Å². The maximum Gasteiger partial charge on any atom is 0.242 e. The van der Waals surface area contributed by atoms with E-state index in [9.17, 15) is 8.42 Å².